The second-order valence-electron chi connectivity index (χ2n) is 3.77. The largest absolute Gasteiger partial charge is 0.376 e. The van der Waals surface area contributed by atoms with Crippen LogP contribution in [0.15, 0.2) is 0 Å². The molecule has 2 nitrogen and oxygen atoms in total. The van der Waals surface area contributed by atoms with Gasteiger partial charge in [-0.3, -0.25) is 0 Å². The van der Waals surface area contributed by atoms with E-state index in [1.165, 1.54) is 0 Å². The Balaban J connectivity index is 4.87. The van der Waals surface area contributed by atoms with E-state index in [1.807, 2.05) is 0 Å². The lowest BCUT2D eigenvalue weighted by molar-refractivity contribution is -0.0814. The molecular formula is C11H25NO. The van der Waals surface area contributed by atoms with Crippen LogP contribution in [-0.2, 0) is 4.74 Å². The van der Waals surface area contributed by atoms with Crippen LogP contribution in [0, 0.1) is 0 Å². The van der Waals surface area contributed by atoms with E-state index >= 15 is 0 Å². The van der Waals surface area contributed by atoms with Crippen molar-refractivity contribution >= 4 is 0 Å². The Morgan fingerprint density at radius 2 is 1.31 bits per heavy atom. The first-order valence-corrected chi connectivity index (χ1v) is 5.39. The Kier molecular flexibility index (Phi) is 4.93. The highest BCUT2D eigenvalue weighted by Crippen LogP contribution is 2.35. The lowest BCUT2D eigenvalue weighted by atomic mass is 9.73. The molecular weight excluding hydrogens is 162 g/mol. The van der Waals surface area contributed by atoms with Gasteiger partial charge < -0.3 is 10.5 Å². The van der Waals surface area contributed by atoms with E-state index in [9.17, 15) is 0 Å². The van der Waals surface area contributed by atoms with Crippen LogP contribution in [0.25, 0.3) is 0 Å². The molecule has 0 aromatic heterocycles. The van der Waals surface area contributed by atoms with Gasteiger partial charge in [0.15, 0.2) is 0 Å². The van der Waals surface area contributed by atoms with Crippen LogP contribution in [0.1, 0.15) is 53.4 Å². The summed E-state index contributed by atoms with van der Waals surface area (Å²) in [6, 6.07) is 0. The van der Waals surface area contributed by atoms with E-state index in [1.54, 1.807) is 7.11 Å². The number of methoxy groups -OCH3 is 1. The fourth-order valence-electron chi connectivity index (χ4n) is 2.34. The van der Waals surface area contributed by atoms with E-state index in [-0.39, 0.29) is 11.1 Å². The fourth-order valence-corrected chi connectivity index (χ4v) is 2.34. The summed E-state index contributed by atoms with van der Waals surface area (Å²) < 4.78 is 5.66. The Morgan fingerprint density at radius 3 is 1.38 bits per heavy atom. The SMILES string of the molecule is CCC(N)(CC)C(CC)(CC)OC. The lowest BCUT2D eigenvalue weighted by Crippen LogP contribution is -2.60. The molecule has 80 valence electrons. The van der Waals surface area contributed by atoms with Crippen LogP contribution in [0.3, 0.4) is 0 Å². The van der Waals surface area contributed by atoms with Gasteiger partial charge in [0.05, 0.1) is 5.60 Å². The molecule has 0 bridgehead atoms. The van der Waals surface area contributed by atoms with E-state index in [4.69, 9.17) is 10.5 Å². The number of ether oxygens (including phenoxy) is 1. The van der Waals surface area contributed by atoms with Gasteiger partial charge in [-0.2, -0.15) is 0 Å². The second kappa shape index (κ2) is 4.97. The van der Waals surface area contributed by atoms with Gasteiger partial charge in [0.25, 0.3) is 0 Å². The first-order valence-electron chi connectivity index (χ1n) is 5.39. The normalized spacial score (nSPS) is 13.4. The predicted octanol–water partition coefficient (Wildman–Crippen LogP) is 2.71. The van der Waals surface area contributed by atoms with Crippen molar-refractivity contribution in [2.75, 3.05) is 7.11 Å². The molecule has 0 atom stereocenters. The third-order valence-electron chi connectivity index (χ3n) is 3.70. The fraction of sp³-hybridized carbons (Fsp3) is 1.00. The van der Waals surface area contributed by atoms with E-state index in [2.05, 4.69) is 27.7 Å². The minimum atomic E-state index is -0.175. The molecule has 0 fully saturated rings. The molecule has 0 heterocycles. The van der Waals surface area contributed by atoms with Crippen molar-refractivity contribution in [3.8, 4) is 0 Å². The molecule has 0 spiro atoms. The third kappa shape index (κ3) is 2.05. The molecule has 0 saturated heterocycles. The van der Waals surface area contributed by atoms with E-state index in [0.29, 0.717) is 0 Å². The Hall–Kier alpha value is -0.0800. The Bertz CT molecular complexity index is 129. The van der Waals surface area contributed by atoms with E-state index < -0.39 is 0 Å². The van der Waals surface area contributed by atoms with Crippen molar-refractivity contribution in [1.29, 1.82) is 0 Å². The molecule has 0 aromatic rings. The number of rotatable bonds is 6. The van der Waals surface area contributed by atoms with Crippen LogP contribution in [0.4, 0.5) is 0 Å². The van der Waals surface area contributed by atoms with Crippen molar-refractivity contribution in [3.05, 3.63) is 0 Å². The average Bonchev–Trinajstić information content (AvgIpc) is 2.20. The Labute approximate surface area is 82.8 Å². The van der Waals surface area contributed by atoms with Gasteiger partial charge >= 0.3 is 0 Å². The maximum Gasteiger partial charge on any atom is 0.0851 e. The maximum atomic E-state index is 6.38. The van der Waals surface area contributed by atoms with Gasteiger partial charge in [0.2, 0.25) is 0 Å². The van der Waals surface area contributed by atoms with Gasteiger partial charge in [-0.25, -0.2) is 0 Å². The van der Waals surface area contributed by atoms with Gasteiger partial charge in [-0.05, 0) is 25.7 Å². The summed E-state index contributed by atoms with van der Waals surface area (Å²) in [6.07, 6.45) is 3.91. The molecule has 2 N–H and O–H groups in total. The van der Waals surface area contributed by atoms with Crippen molar-refractivity contribution in [2.24, 2.45) is 5.73 Å². The molecule has 0 rings (SSSR count). The number of hydrogen-bond donors (Lipinski definition) is 1. The molecule has 2 heteroatoms. The van der Waals surface area contributed by atoms with Crippen LogP contribution in [0.5, 0.6) is 0 Å². The minimum absolute atomic E-state index is 0.142. The molecule has 13 heavy (non-hydrogen) atoms. The topological polar surface area (TPSA) is 35.2 Å². The van der Waals surface area contributed by atoms with Crippen LogP contribution >= 0.6 is 0 Å². The van der Waals surface area contributed by atoms with E-state index in [0.717, 1.165) is 25.7 Å². The van der Waals surface area contributed by atoms with Gasteiger partial charge in [-0.1, -0.05) is 27.7 Å². The smallest absolute Gasteiger partial charge is 0.0851 e. The minimum Gasteiger partial charge on any atom is -0.376 e. The van der Waals surface area contributed by atoms with Crippen molar-refractivity contribution in [3.63, 3.8) is 0 Å². The highest BCUT2D eigenvalue weighted by Gasteiger charge is 2.44. The van der Waals surface area contributed by atoms with Crippen LogP contribution in [0.2, 0.25) is 0 Å². The molecule has 0 aliphatic rings. The molecule has 0 saturated carbocycles. The zero-order chi connectivity index (χ0) is 10.5. The van der Waals surface area contributed by atoms with Crippen molar-refractivity contribution in [1.82, 2.24) is 0 Å². The highest BCUT2D eigenvalue weighted by molar-refractivity contribution is 5.01. The predicted molar refractivity (Wildman–Crippen MR) is 57.8 cm³/mol. The zero-order valence-corrected chi connectivity index (χ0v) is 9.81. The van der Waals surface area contributed by atoms with Gasteiger partial charge in [-0.15, -0.1) is 0 Å². The quantitative estimate of drug-likeness (QED) is 0.694. The third-order valence-corrected chi connectivity index (χ3v) is 3.70. The highest BCUT2D eigenvalue weighted by atomic mass is 16.5. The lowest BCUT2D eigenvalue weighted by Gasteiger charge is -2.46. The molecule has 0 unspecified atom stereocenters. The molecule has 0 amide bonds. The summed E-state index contributed by atoms with van der Waals surface area (Å²) in [5.41, 5.74) is 6.06. The maximum absolute atomic E-state index is 6.38. The Morgan fingerprint density at radius 1 is 0.923 bits per heavy atom. The first kappa shape index (κ1) is 12.9. The van der Waals surface area contributed by atoms with Crippen molar-refractivity contribution in [2.45, 2.75) is 64.5 Å². The zero-order valence-electron chi connectivity index (χ0n) is 9.81. The summed E-state index contributed by atoms with van der Waals surface area (Å²) in [5, 5.41) is 0. The number of nitrogens with two attached hydrogens (primary N) is 1. The van der Waals surface area contributed by atoms with Crippen LogP contribution in [-0.4, -0.2) is 18.2 Å². The standard InChI is InChI=1S/C11H25NO/c1-6-10(12,7-2)11(8-3,9-4)13-5/h6-9,12H2,1-5H3. The molecule has 0 aliphatic heterocycles. The average molecular weight is 187 g/mol. The monoisotopic (exact) mass is 187 g/mol. The summed E-state index contributed by atoms with van der Waals surface area (Å²) in [5.74, 6) is 0. The van der Waals surface area contributed by atoms with Gasteiger partial charge in [0, 0.05) is 12.6 Å². The molecule has 0 aliphatic carbocycles. The second-order valence-corrected chi connectivity index (χ2v) is 3.77. The first-order chi connectivity index (χ1) is 6.05. The molecule has 0 radical (unpaired) electrons. The molecule has 0 aromatic carbocycles. The summed E-state index contributed by atoms with van der Waals surface area (Å²) in [4.78, 5) is 0. The summed E-state index contributed by atoms with van der Waals surface area (Å²) in [7, 11) is 1.78. The summed E-state index contributed by atoms with van der Waals surface area (Å²) >= 11 is 0. The van der Waals surface area contributed by atoms with Crippen molar-refractivity contribution < 1.29 is 4.74 Å². The van der Waals surface area contributed by atoms with Crippen LogP contribution < -0.4 is 5.73 Å². The number of hydrogen-bond acceptors (Lipinski definition) is 2. The summed E-state index contributed by atoms with van der Waals surface area (Å²) in [6.45, 7) is 8.59. The van der Waals surface area contributed by atoms with Gasteiger partial charge in [0.1, 0.15) is 0 Å².